The van der Waals surface area contributed by atoms with E-state index in [-0.39, 0.29) is 12.2 Å². The molecule has 0 aliphatic rings. The van der Waals surface area contributed by atoms with E-state index in [1.54, 1.807) is 26.4 Å². The molecule has 0 spiro atoms. The van der Waals surface area contributed by atoms with Crippen molar-refractivity contribution in [2.45, 2.75) is 18.6 Å². The van der Waals surface area contributed by atoms with Crippen LogP contribution in [0.4, 0.5) is 19.0 Å². The van der Waals surface area contributed by atoms with Crippen molar-refractivity contribution in [2.24, 2.45) is 0 Å². The lowest BCUT2D eigenvalue weighted by molar-refractivity contribution is -0.138. The van der Waals surface area contributed by atoms with E-state index >= 15 is 0 Å². The van der Waals surface area contributed by atoms with Crippen LogP contribution in [0, 0.1) is 0 Å². The maximum Gasteiger partial charge on any atom is 0.417 e. The zero-order valence-corrected chi connectivity index (χ0v) is 17.3. The van der Waals surface area contributed by atoms with Gasteiger partial charge in [-0.15, -0.1) is 0 Å². The Kier molecular flexibility index (Phi) is 6.87. The van der Waals surface area contributed by atoms with Crippen LogP contribution >= 0.6 is 0 Å². The van der Waals surface area contributed by atoms with Crippen molar-refractivity contribution in [2.75, 3.05) is 19.5 Å². The number of nitrogens with zero attached hydrogens (tertiary/aromatic N) is 1. The molecule has 0 saturated carbocycles. The van der Waals surface area contributed by atoms with Gasteiger partial charge in [0.25, 0.3) is 0 Å². The van der Waals surface area contributed by atoms with E-state index in [0.717, 1.165) is 28.8 Å². The lowest BCUT2D eigenvalue weighted by Gasteiger charge is -2.17. The number of benzene rings is 2. The van der Waals surface area contributed by atoms with E-state index in [9.17, 15) is 23.1 Å². The van der Waals surface area contributed by atoms with Gasteiger partial charge in [-0.2, -0.15) is 13.2 Å². The molecule has 6 nitrogen and oxygen atoms in total. The summed E-state index contributed by atoms with van der Waals surface area (Å²) >= 11 is 0. The number of rotatable bonds is 8. The molecule has 1 aromatic heterocycles. The van der Waals surface area contributed by atoms with Gasteiger partial charge < -0.3 is 19.9 Å². The number of carbonyl (C=O) groups is 1. The molecule has 3 rings (SSSR count). The van der Waals surface area contributed by atoms with Gasteiger partial charge >= 0.3 is 12.1 Å². The molecule has 32 heavy (non-hydrogen) atoms. The van der Waals surface area contributed by atoms with Gasteiger partial charge in [-0.05, 0) is 35.4 Å². The highest BCUT2D eigenvalue weighted by molar-refractivity contribution is 5.78. The van der Waals surface area contributed by atoms with Crippen LogP contribution in [0.5, 0.6) is 11.5 Å². The first kappa shape index (κ1) is 22.9. The SMILES string of the molecule is COc1cccc(OC)c1-c1ccc(CC(Nc2ccc(C(F)(F)F)cn2)C(=O)O)cc1. The second kappa shape index (κ2) is 9.59. The Morgan fingerprint density at radius 1 is 1.03 bits per heavy atom. The number of methoxy groups -OCH3 is 2. The Morgan fingerprint density at radius 2 is 1.66 bits per heavy atom. The van der Waals surface area contributed by atoms with Crippen molar-refractivity contribution in [1.82, 2.24) is 4.98 Å². The lowest BCUT2D eigenvalue weighted by atomic mass is 9.99. The summed E-state index contributed by atoms with van der Waals surface area (Å²) in [7, 11) is 3.12. The summed E-state index contributed by atoms with van der Waals surface area (Å²) in [6.45, 7) is 0. The lowest BCUT2D eigenvalue weighted by Crippen LogP contribution is -2.31. The molecule has 0 radical (unpaired) electrons. The smallest absolute Gasteiger partial charge is 0.417 e. The minimum atomic E-state index is -4.51. The zero-order valence-electron chi connectivity index (χ0n) is 17.3. The number of carboxylic acid groups (broad SMARTS) is 1. The molecule has 3 aromatic rings. The van der Waals surface area contributed by atoms with Crippen LogP contribution in [-0.4, -0.2) is 36.3 Å². The number of nitrogens with one attached hydrogen (secondary N) is 1. The topological polar surface area (TPSA) is 80.7 Å². The van der Waals surface area contributed by atoms with Gasteiger partial charge in [0.15, 0.2) is 0 Å². The van der Waals surface area contributed by atoms with E-state index in [0.29, 0.717) is 17.7 Å². The van der Waals surface area contributed by atoms with Gasteiger partial charge in [-0.25, -0.2) is 9.78 Å². The van der Waals surface area contributed by atoms with Gasteiger partial charge in [0, 0.05) is 12.6 Å². The van der Waals surface area contributed by atoms with E-state index < -0.39 is 23.8 Å². The third kappa shape index (κ3) is 5.29. The number of ether oxygens (including phenoxy) is 2. The van der Waals surface area contributed by atoms with Crippen LogP contribution in [0.25, 0.3) is 11.1 Å². The maximum atomic E-state index is 12.7. The molecule has 168 valence electrons. The Labute approximate surface area is 182 Å². The first-order chi connectivity index (χ1) is 15.2. The quantitative estimate of drug-likeness (QED) is 0.513. The van der Waals surface area contributed by atoms with Crippen molar-refractivity contribution < 1.29 is 32.5 Å². The fraction of sp³-hybridized carbons (Fsp3) is 0.217. The third-order valence-corrected chi connectivity index (χ3v) is 4.82. The molecular weight excluding hydrogens is 425 g/mol. The zero-order chi connectivity index (χ0) is 23.3. The molecule has 0 amide bonds. The van der Waals surface area contributed by atoms with Crippen LogP contribution in [0.1, 0.15) is 11.1 Å². The monoisotopic (exact) mass is 446 g/mol. The molecule has 1 unspecified atom stereocenters. The minimum absolute atomic E-state index is 0.0424. The van der Waals surface area contributed by atoms with Gasteiger partial charge in [-0.3, -0.25) is 0 Å². The van der Waals surface area contributed by atoms with Gasteiger partial charge in [0.2, 0.25) is 0 Å². The Hall–Kier alpha value is -3.75. The predicted molar refractivity (Wildman–Crippen MR) is 113 cm³/mol. The van der Waals surface area contributed by atoms with E-state index in [4.69, 9.17) is 9.47 Å². The number of halogens is 3. The molecule has 0 bridgehead atoms. The number of alkyl halides is 3. The standard InChI is InChI=1S/C23H21F3N2O4/c1-31-18-4-3-5-19(32-2)21(18)15-8-6-14(7-9-15)12-17(22(29)30)28-20-11-10-16(13-27-20)23(24,25)26/h3-11,13,17H,12H2,1-2H3,(H,27,28)(H,29,30). The Morgan fingerprint density at radius 3 is 2.12 bits per heavy atom. The second-order valence-corrected chi connectivity index (χ2v) is 6.90. The summed E-state index contributed by atoms with van der Waals surface area (Å²) < 4.78 is 48.9. The molecule has 2 aromatic carbocycles. The number of carboxylic acids is 1. The van der Waals surface area contributed by atoms with Crippen LogP contribution < -0.4 is 14.8 Å². The summed E-state index contributed by atoms with van der Waals surface area (Å²) in [6.07, 6.45) is -3.75. The van der Waals surface area contributed by atoms with Crippen LogP contribution in [0.3, 0.4) is 0 Å². The third-order valence-electron chi connectivity index (χ3n) is 4.82. The maximum absolute atomic E-state index is 12.7. The Balaban J connectivity index is 1.78. The van der Waals surface area contributed by atoms with Gasteiger partial charge in [0.05, 0.1) is 25.3 Å². The highest BCUT2D eigenvalue weighted by Crippen LogP contribution is 2.38. The normalized spacial score (nSPS) is 12.2. The van der Waals surface area contributed by atoms with Crippen molar-refractivity contribution in [1.29, 1.82) is 0 Å². The summed E-state index contributed by atoms with van der Waals surface area (Å²) in [5.74, 6) is 0.161. The molecule has 1 heterocycles. The average Bonchev–Trinajstić information content (AvgIpc) is 2.78. The fourth-order valence-corrected chi connectivity index (χ4v) is 3.20. The van der Waals surface area contributed by atoms with Crippen molar-refractivity contribution >= 4 is 11.8 Å². The molecule has 9 heteroatoms. The number of hydrogen-bond acceptors (Lipinski definition) is 5. The summed E-state index contributed by atoms with van der Waals surface area (Å²) in [6, 6.07) is 13.5. The highest BCUT2D eigenvalue weighted by Gasteiger charge is 2.30. The highest BCUT2D eigenvalue weighted by atomic mass is 19.4. The van der Waals surface area contributed by atoms with Crippen LogP contribution in [0.15, 0.2) is 60.8 Å². The number of aromatic nitrogens is 1. The van der Waals surface area contributed by atoms with Crippen molar-refractivity contribution in [3.8, 4) is 22.6 Å². The van der Waals surface area contributed by atoms with E-state index in [2.05, 4.69) is 10.3 Å². The van der Waals surface area contributed by atoms with Gasteiger partial charge in [-0.1, -0.05) is 30.3 Å². The summed E-state index contributed by atoms with van der Waals surface area (Å²) in [4.78, 5) is 15.4. The minimum Gasteiger partial charge on any atom is -0.496 e. The van der Waals surface area contributed by atoms with E-state index in [1.165, 1.54) is 0 Å². The molecule has 1 atom stereocenters. The average molecular weight is 446 g/mol. The number of hydrogen-bond donors (Lipinski definition) is 2. The van der Waals surface area contributed by atoms with Crippen LogP contribution in [0.2, 0.25) is 0 Å². The molecule has 0 fully saturated rings. The summed E-state index contributed by atoms with van der Waals surface area (Å²) in [5.41, 5.74) is 1.41. The Bertz CT molecular complexity index is 1050. The first-order valence-electron chi connectivity index (χ1n) is 9.56. The number of anilines is 1. The molecule has 2 N–H and O–H groups in total. The van der Waals surface area contributed by atoms with Crippen molar-refractivity contribution in [3.05, 3.63) is 71.9 Å². The first-order valence-corrected chi connectivity index (χ1v) is 9.56. The van der Waals surface area contributed by atoms with E-state index in [1.807, 2.05) is 30.3 Å². The number of pyridine rings is 1. The predicted octanol–water partition coefficient (Wildman–Crippen LogP) is 4.89. The second-order valence-electron chi connectivity index (χ2n) is 6.90. The summed E-state index contributed by atoms with van der Waals surface area (Å²) in [5, 5.41) is 12.2. The molecule has 0 aliphatic carbocycles. The van der Waals surface area contributed by atoms with Gasteiger partial charge in [0.1, 0.15) is 23.4 Å². The molecule has 0 aliphatic heterocycles. The number of aliphatic carboxylic acids is 1. The molecular formula is C23H21F3N2O4. The fourth-order valence-electron chi connectivity index (χ4n) is 3.20. The van der Waals surface area contributed by atoms with Crippen molar-refractivity contribution in [3.63, 3.8) is 0 Å². The van der Waals surface area contributed by atoms with Crippen LogP contribution in [-0.2, 0) is 17.4 Å². The molecule has 0 saturated heterocycles. The largest absolute Gasteiger partial charge is 0.496 e.